The van der Waals surface area contributed by atoms with E-state index < -0.39 is 17.5 Å². The summed E-state index contributed by atoms with van der Waals surface area (Å²) in [5.74, 6) is 0.165. The van der Waals surface area contributed by atoms with Gasteiger partial charge in [-0.15, -0.1) is 0 Å². The van der Waals surface area contributed by atoms with Crippen molar-refractivity contribution in [2.45, 2.75) is 12.1 Å². The highest BCUT2D eigenvalue weighted by Crippen LogP contribution is 2.34. The predicted molar refractivity (Wildman–Crippen MR) is 112 cm³/mol. The molecule has 1 unspecified atom stereocenters. The van der Waals surface area contributed by atoms with Crippen molar-refractivity contribution < 1.29 is 19.4 Å². The summed E-state index contributed by atoms with van der Waals surface area (Å²) >= 11 is 0. The molecule has 3 amide bonds. The van der Waals surface area contributed by atoms with Crippen molar-refractivity contribution in [1.29, 1.82) is 0 Å². The van der Waals surface area contributed by atoms with E-state index in [9.17, 15) is 14.7 Å². The highest BCUT2D eigenvalue weighted by Gasteiger charge is 2.48. The fourth-order valence-corrected chi connectivity index (χ4v) is 3.96. The van der Waals surface area contributed by atoms with E-state index in [1.54, 1.807) is 59.1 Å². The Morgan fingerprint density at radius 3 is 2.61 bits per heavy atom. The fourth-order valence-electron chi connectivity index (χ4n) is 3.96. The number of rotatable bonds is 5. The monoisotopic (exact) mass is 417 g/mol. The van der Waals surface area contributed by atoms with Crippen LogP contribution in [0.4, 0.5) is 4.79 Å². The molecule has 1 saturated heterocycles. The summed E-state index contributed by atoms with van der Waals surface area (Å²) in [4.78, 5) is 25.0. The van der Waals surface area contributed by atoms with E-state index >= 15 is 0 Å². The van der Waals surface area contributed by atoms with E-state index in [0.29, 0.717) is 16.7 Å². The van der Waals surface area contributed by atoms with Gasteiger partial charge in [0.05, 0.1) is 19.3 Å². The standard InChI is InChI=1S/C22H19N5O4/c1-31-17-7-8-18-14(11-17)12-26(19(18)28)13-22(20(29)24-21(30)25-22)15-3-5-16(6-4-15)27-10-2-9-23-27/h2-12,28H,13H2,1H3,(H2,24,25,29,30). The third-order valence-corrected chi connectivity index (χ3v) is 5.54. The van der Waals surface area contributed by atoms with Crippen LogP contribution >= 0.6 is 0 Å². The summed E-state index contributed by atoms with van der Waals surface area (Å²) in [6.45, 7) is 0.00845. The van der Waals surface area contributed by atoms with E-state index in [4.69, 9.17) is 4.74 Å². The van der Waals surface area contributed by atoms with Crippen molar-refractivity contribution >= 4 is 22.7 Å². The molecule has 0 saturated carbocycles. The van der Waals surface area contributed by atoms with E-state index in [1.165, 1.54) is 0 Å². The molecule has 0 radical (unpaired) electrons. The lowest BCUT2D eigenvalue weighted by Crippen LogP contribution is -2.47. The molecule has 9 heteroatoms. The summed E-state index contributed by atoms with van der Waals surface area (Å²) in [7, 11) is 1.57. The second-order valence-corrected chi connectivity index (χ2v) is 7.34. The van der Waals surface area contributed by atoms with Gasteiger partial charge in [-0.2, -0.15) is 5.10 Å². The number of amides is 3. The number of hydrogen-bond acceptors (Lipinski definition) is 5. The molecule has 1 fully saturated rings. The van der Waals surface area contributed by atoms with E-state index in [0.717, 1.165) is 11.1 Å². The number of nitrogens with zero attached hydrogens (tertiary/aromatic N) is 3. The molecule has 4 aromatic rings. The predicted octanol–water partition coefficient (Wildman–Crippen LogP) is 2.28. The Hall–Kier alpha value is -4.27. The molecule has 1 atom stereocenters. The first-order chi connectivity index (χ1) is 15.0. The molecule has 3 heterocycles. The topological polar surface area (TPSA) is 110 Å². The molecule has 1 aliphatic rings. The van der Waals surface area contributed by atoms with Gasteiger partial charge < -0.3 is 19.7 Å². The lowest BCUT2D eigenvalue weighted by molar-refractivity contribution is -0.124. The lowest BCUT2D eigenvalue weighted by atomic mass is 9.89. The molecule has 2 aromatic heterocycles. The van der Waals surface area contributed by atoms with Crippen molar-refractivity contribution in [3.63, 3.8) is 0 Å². The Balaban J connectivity index is 1.57. The van der Waals surface area contributed by atoms with Gasteiger partial charge in [-0.05, 0) is 42.0 Å². The molecule has 2 aromatic carbocycles. The maximum Gasteiger partial charge on any atom is 0.322 e. The van der Waals surface area contributed by atoms with Crippen molar-refractivity contribution in [1.82, 2.24) is 25.0 Å². The molecule has 156 valence electrons. The number of hydrogen-bond donors (Lipinski definition) is 3. The third-order valence-electron chi connectivity index (χ3n) is 5.54. The number of aromatic hydroxyl groups is 1. The van der Waals surface area contributed by atoms with Crippen molar-refractivity contribution in [2.24, 2.45) is 0 Å². The van der Waals surface area contributed by atoms with Crippen LogP contribution in [0.2, 0.25) is 0 Å². The quantitative estimate of drug-likeness (QED) is 0.432. The van der Waals surface area contributed by atoms with Gasteiger partial charge in [-0.1, -0.05) is 12.1 Å². The number of methoxy groups -OCH3 is 1. The van der Waals surface area contributed by atoms with Crippen LogP contribution in [-0.2, 0) is 16.9 Å². The Morgan fingerprint density at radius 1 is 1.16 bits per heavy atom. The van der Waals surface area contributed by atoms with Crippen LogP contribution in [0.3, 0.4) is 0 Å². The van der Waals surface area contributed by atoms with E-state index in [1.807, 2.05) is 24.4 Å². The van der Waals surface area contributed by atoms with Gasteiger partial charge >= 0.3 is 6.03 Å². The largest absolute Gasteiger partial charge is 0.497 e. The van der Waals surface area contributed by atoms with Gasteiger partial charge in [-0.25, -0.2) is 9.48 Å². The Morgan fingerprint density at radius 2 is 1.97 bits per heavy atom. The summed E-state index contributed by atoms with van der Waals surface area (Å²) < 4.78 is 8.50. The van der Waals surface area contributed by atoms with Gasteiger partial charge in [-0.3, -0.25) is 10.1 Å². The number of carbonyl (C=O) groups excluding carboxylic acids is 2. The second kappa shape index (κ2) is 6.91. The molecular formula is C22H19N5O4. The minimum Gasteiger partial charge on any atom is -0.497 e. The van der Waals surface area contributed by atoms with Gasteiger partial charge in [0.2, 0.25) is 0 Å². The summed E-state index contributed by atoms with van der Waals surface area (Å²) in [6.07, 6.45) is 5.21. The summed E-state index contributed by atoms with van der Waals surface area (Å²) in [6, 6.07) is 13.7. The Kier molecular flexibility index (Phi) is 4.18. The highest BCUT2D eigenvalue weighted by atomic mass is 16.5. The number of imide groups is 1. The number of carbonyl (C=O) groups is 2. The molecule has 0 bridgehead atoms. The summed E-state index contributed by atoms with van der Waals surface area (Å²) in [5, 5.41) is 21.4. The fraction of sp³-hybridized carbons (Fsp3) is 0.136. The normalized spacial score (nSPS) is 18.2. The zero-order valence-electron chi connectivity index (χ0n) is 16.6. The van der Waals surface area contributed by atoms with Gasteiger partial charge in [0.25, 0.3) is 5.91 Å². The number of benzene rings is 2. The number of aromatic nitrogens is 3. The van der Waals surface area contributed by atoms with Crippen LogP contribution in [0.25, 0.3) is 16.5 Å². The first-order valence-corrected chi connectivity index (χ1v) is 9.60. The molecule has 1 aliphatic heterocycles. The number of urea groups is 1. The average molecular weight is 417 g/mol. The maximum atomic E-state index is 12.9. The number of ether oxygens (including phenoxy) is 1. The van der Waals surface area contributed by atoms with E-state index in [2.05, 4.69) is 15.7 Å². The Bertz CT molecular complexity index is 1290. The molecule has 0 aliphatic carbocycles. The minimum absolute atomic E-state index is 0.000798. The molecule has 9 nitrogen and oxygen atoms in total. The summed E-state index contributed by atoms with van der Waals surface area (Å²) in [5.41, 5.74) is 0.0212. The van der Waals surface area contributed by atoms with Crippen molar-refractivity contribution in [2.75, 3.05) is 7.11 Å². The van der Waals surface area contributed by atoms with Crippen LogP contribution in [0.15, 0.2) is 67.1 Å². The number of nitrogens with one attached hydrogen (secondary N) is 2. The lowest BCUT2D eigenvalue weighted by Gasteiger charge is -2.27. The second-order valence-electron chi connectivity index (χ2n) is 7.34. The van der Waals surface area contributed by atoms with Crippen LogP contribution in [0.5, 0.6) is 11.6 Å². The molecular weight excluding hydrogens is 398 g/mol. The number of fused-ring (bicyclic) bond motifs is 1. The molecule has 3 N–H and O–H groups in total. The molecule has 0 spiro atoms. The first-order valence-electron chi connectivity index (χ1n) is 9.60. The SMILES string of the molecule is COc1ccc2c(O)n(CC3(c4ccc(-n5cccn5)cc4)NC(=O)NC3=O)cc2c1. The van der Waals surface area contributed by atoms with E-state index in [-0.39, 0.29) is 12.4 Å². The van der Waals surface area contributed by atoms with Crippen molar-refractivity contribution in [3.8, 4) is 17.3 Å². The molecule has 31 heavy (non-hydrogen) atoms. The van der Waals surface area contributed by atoms with Crippen LogP contribution in [0, 0.1) is 0 Å². The highest BCUT2D eigenvalue weighted by molar-refractivity contribution is 6.07. The van der Waals surface area contributed by atoms with Gasteiger partial charge in [0.1, 0.15) is 5.75 Å². The van der Waals surface area contributed by atoms with Crippen LogP contribution < -0.4 is 15.4 Å². The van der Waals surface area contributed by atoms with Gasteiger partial charge in [0, 0.05) is 29.4 Å². The average Bonchev–Trinajstić information content (AvgIpc) is 3.48. The minimum atomic E-state index is -1.38. The Labute approximate surface area is 176 Å². The zero-order chi connectivity index (χ0) is 21.6. The third kappa shape index (κ3) is 2.98. The van der Waals surface area contributed by atoms with Crippen molar-refractivity contribution in [3.05, 3.63) is 72.7 Å². The smallest absolute Gasteiger partial charge is 0.322 e. The zero-order valence-corrected chi connectivity index (χ0v) is 16.6. The molecule has 5 rings (SSSR count). The van der Waals surface area contributed by atoms with Gasteiger partial charge in [0.15, 0.2) is 11.4 Å². The maximum absolute atomic E-state index is 12.9. The van der Waals surface area contributed by atoms with Crippen LogP contribution in [0.1, 0.15) is 5.56 Å². The first kappa shape index (κ1) is 18.7. The van der Waals surface area contributed by atoms with Crippen LogP contribution in [-0.4, -0.2) is 38.5 Å².